The van der Waals surface area contributed by atoms with E-state index in [4.69, 9.17) is 0 Å². The van der Waals surface area contributed by atoms with Crippen molar-refractivity contribution < 1.29 is 0 Å². The van der Waals surface area contributed by atoms with Crippen LogP contribution in [0.3, 0.4) is 0 Å². The fourth-order valence-electron chi connectivity index (χ4n) is 2.92. The van der Waals surface area contributed by atoms with E-state index in [0.29, 0.717) is 12.1 Å². The number of piperidine rings is 1. The molecule has 1 aliphatic rings. The van der Waals surface area contributed by atoms with Crippen molar-refractivity contribution in [2.24, 2.45) is 0 Å². The number of fused-ring (bicyclic) bond motifs is 1. The number of hydrogen-bond acceptors (Lipinski definition) is 4. The van der Waals surface area contributed by atoms with Gasteiger partial charge in [-0.25, -0.2) is 9.67 Å². The van der Waals surface area contributed by atoms with E-state index < -0.39 is 0 Å². The summed E-state index contributed by atoms with van der Waals surface area (Å²) in [5.41, 5.74) is 2.06. The Morgan fingerprint density at radius 2 is 2.20 bits per heavy atom. The van der Waals surface area contributed by atoms with Crippen LogP contribution in [0.4, 0.5) is 5.69 Å². The molecule has 1 saturated heterocycles. The van der Waals surface area contributed by atoms with Gasteiger partial charge in [-0.1, -0.05) is 0 Å². The molecular formula is C15H23N5. The summed E-state index contributed by atoms with van der Waals surface area (Å²) in [5.74, 6) is 0. The normalized spacial score (nSPS) is 20.7. The molecule has 1 aliphatic heterocycles. The van der Waals surface area contributed by atoms with Gasteiger partial charge in [0.15, 0.2) is 5.65 Å². The van der Waals surface area contributed by atoms with Crippen molar-refractivity contribution in [3.8, 4) is 0 Å². The van der Waals surface area contributed by atoms with Crippen molar-refractivity contribution in [2.75, 3.05) is 25.5 Å². The minimum atomic E-state index is 0.339. The molecule has 2 aromatic rings. The lowest BCUT2D eigenvalue weighted by Crippen LogP contribution is -2.39. The van der Waals surface area contributed by atoms with Gasteiger partial charge in [-0.05, 0) is 46.3 Å². The summed E-state index contributed by atoms with van der Waals surface area (Å²) in [6.07, 6.45) is 6.32. The third-order valence-electron chi connectivity index (χ3n) is 3.92. The molecule has 0 amide bonds. The molecule has 0 aromatic carbocycles. The van der Waals surface area contributed by atoms with Crippen LogP contribution in [0.2, 0.25) is 0 Å². The molecule has 0 spiro atoms. The summed E-state index contributed by atoms with van der Waals surface area (Å²) in [6.45, 7) is 6.55. The van der Waals surface area contributed by atoms with Gasteiger partial charge in [0.05, 0.1) is 18.1 Å². The number of anilines is 1. The molecule has 0 saturated carbocycles. The van der Waals surface area contributed by atoms with Gasteiger partial charge in [0.25, 0.3) is 0 Å². The molecule has 1 fully saturated rings. The SMILES string of the molecule is CC(C)n1ncc2cc(NC3CCCN(C)C3)cnc21. The van der Waals surface area contributed by atoms with Crippen LogP contribution >= 0.6 is 0 Å². The highest BCUT2D eigenvalue weighted by Gasteiger charge is 2.17. The van der Waals surface area contributed by atoms with Crippen molar-refractivity contribution in [3.63, 3.8) is 0 Å². The van der Waals surface area contributed by atoms with E-state index in [1.165, 1.54) is 19.4 Å². The summed E-state index contributed by atoms with van der Waals surface area (Å²) in [4.78, 5) is 6.95. The topological polar surface area (TPSA) is 46.0 Å². The van der Waals surface area contributed by atoms with E-state index in [1.807, 2.05) is 17.1 Å². The van der Waals surface area contributed by atoms with E-state index in [2.05, 4.69) is 47.3 Å². The molecule has 108 valence electrons. The highest BCUT2D eigenvalue weighted by Crippen LogP contribution is 2.21. The van der Waals surface area contributed by atoms with Crippen LogP contribution in [-0.2, 0) is 0 Å². The van der Waals surface area contributed by atoms with Gasteiger partial charge in [0, 0.05) is 24.0 Å². The molecule has 0 bridgehead atoms. The minimum Gasteiger partial charge on any atom is -0.380 e. The van der Waals surface area contributed by atoms with Crippen LogP contribution in [0.25, 0.3) is 11.0 Å². The van der Waals surface area contributed by atoms with Crippen molar-refractivity contribution in [1.82, 2.24) is 19.7 Å². The van der Waals surface area contributed by atoms with Gasteiger partial charge in [0.2, 0.25) is 0 Å². The highest BCUT2D eigenvalue weighted by molar-refractivity contribution is 5.78. The number of hydrogen-bond donors (Lipinski definition) is 1. The molecule has 1 atom stereocenters. The first-order chi connectivity index (χ1) is 9.63. The van der Waals surface area contributed by atoms with E-state index >= 15 is 0 Å². The number of likely N-dealkylation sites (N-methyl/N-ethyl adjacent to an activating group) is 1. The lowest BCUT2D eigenvalue weighted by Gasteiger charge is -2.30. The lowest BCUT2D eigenvalue weighted by molar-refractivity contribution is 0.261. The zero-order chi connectivity index (χ0) is 14.1. The van der Waals surface area contributed by atoms with Crippen LogP contribution < -0.4 is 5.32 Å². The summed E-state index contributed by atoms with van der Waals surface area (Å²) in [6, 6.07) is 3.02. The van der Waals surface area contributed by atoms with Gasteiger partial charge in [-0.2, -0.15) is 5.10 Å². The first-order valence-corrected chi connectivity index (χ1v) is 7.42. The number of pyridine rings is 1. The molecule has 2 aromatic heterocycles. The Kier molecular flexibility index (Phi) is 3.61. The first kappa shape index (κ1) is 13.4. The summed E-state index contributed by atoms with van der Waals surface area (Å²) in [5, 5.41) is 9.12. The zero-order valence-electron chi connectivity index (χ0n) is 12.5. The highest BCUT2D eigenvalue weighted by atomic mass is 15.3. The van der Waals surface area contributed by atoms with Crippen molar-refractivity contribution in [3.05, 3.63) is 18.5 Å². The van der Waals surface area contributed by atoms with E-state index in [9.17, 15) is 0 Å². The molecular weight excluding hydrogens is 250 g/mol. The smallest absolute Gasteiger partial charge is 0.158 e. The number of nitrogens with zero attached hydrogens (tertiary/aromatic N) is 4. The summed E-state index contributed by atoms with van der Waals surface area (Å²) in [7, 11) is 2.18. The van der Waals surface area contributed by atoms with Crippen molar-refractivity contribution >= 4 is 16.7 Å². The second kappa shape index (κ2) is 5.40. The minimum absolute atomic E-state index is 0.339. The fraction of sp³-hybridized carbons (Fsp3) is 0.600. The summed E-state index contributed by atoms with van der Waals surface area (Å²) >= 11 is 0. The van der Waals surface area contributed by atoms with Gasteiger partial charge in [-0.3, -0.25) is 0 Å². The second-order valence-electron chi connectivity index (χ2n) is 6.07. The average molecular weight is 273 g/mol. The standard InChI is InChI=1S/C15H23N5/c1-11(2)20-15-12(8-17-20)7-14(9-16-15)18-13-5-4-6-19(3)10-13/h7-9,11,13,18H,4-6,10H2,1-3H3. The number of likely N-dealkylation sites (tertiary alicyclic amines) is 1. The third-order valence-corrected chi connectivity index (χ3v) is 3.92. The van der Waals surface area contributed by atoms with Gasteiger partial charge in [0.1, 0.15) is 0 Å². The Morgan fingerprint density at radius 3 is 2.95 bits per heavy atom. The van der Waals surface area contributed by atoms with Crippen molar-refractivity contribution in [2.45, 2.75) is 38.8 Å². The maximum absolute atomic E-state index is 4.57. The average Bonchev–Trinajstić information content (AvgIpc) is 2.82. The monoisotopic (exact) mass is 273 g/mol. The molecule has 1 unspecified atom stereocenters. The molecule has 20 heavy (non-hydrogen) atoms. The summed E-state index contributed by atoms with van der Waals surface area (Å²) < 4.78 is 1.97. The van der Waals surface area contributed by atoms with Crippen LogP contribution in [0, 0.1) is 0 Å². The molecule has 3 rings (SSSR count). The predicted octanol–water partition coefficient (Wildman–Crippen LogP) is 2.52. The Balaban J connectivity index is 1.79. The number of aromatic nitrogens is 3. The Bertz CT molecular complexity index is 589. The molecule has 1 N–H and O–H groups in total. The zero-order valence-corrected chi connectivity index (χ0v) is 12.5. The Morgan fingerprint density at radius 1 is 1.35 bits per heavy atom. The molecule has 5 nitrogen and oxygen atoms in total. The van der Waals surface area contributed by atoms with Crippen molar-refractivity contribution in [1.29, 1.82) is 0 Å². The molecule has 0 aliphatic carbocycles. The van der Waals surface area contributed by atoms with Gasteiger partial charge in [-0.15, -0.1) is 0 Å². The molecule has 0 radical (unpaired) electrons. The molecule has 3 heterocycles. The van der Waals surface area contributed by atoms with Crippen LogP contribution in [-0.4, -0.2) is 45.8 Å². The van der Waals surface area contributed by atoms with Gasteiger partial charge >= 0.3 is 0 Å². The van der Waals surface area contributed by atoms with E-state index in [1.54, 1.807) is 0 Å². The van der Waals surface area contributed by atoms with Crippen LogP contribution in [0.5, 0.6) is 0 Å². The van der Waals surface area contributed by atoms with E-state index in [0.717, 1.165) is 23.3 Å². The maximum atomic E-state index is 4.57. The van der Waals surface area contributed by atoms with E-state index in [-0.39, 0.29) is 0 Å². The first-order valence-electron chi connectivity index (χ1n) is 7.42. The molecule has 5 heteroatoms. The third kappa shape index (κ3) is 2.63. The van der Waals surface area contributed by atoms with Crippen LogP contribution in [0.1, 0.15) is 32.7 Å². The maximum Gasteiger partial charge on any atom is 0.158 e. The number of nitrogens with one attached hydrogen (secondary N) is 1. The van der Waals surface area contributed by atoms with Gasteiger partial charge < -0.3 is 10.2 Å². The quantitative estimate of drug-likeness (QED) is 0.933. The second-order valence-corrected chi connectivity index (χ2v) is 6.07. The predicted molar refractivity (Wildman–Crippen MR) is 82.1 cm³/mol. The number of rotatable bonds is 3. The lowest BCUT2D eigenvalue weighted by atomic mass is 10.1. The Hall–Kier alpha value is -1.62. The largest absolute Gasteiger partial charge is 0.380 e. The Labute approximate surface area is 120 Å². The van der Waals surface area contributed by atoms with Crippen LogP contribution in [0.15, 0.2) is 18.5 Å². The fourth-order valence-corrected chi connectivity index (χ4v) is 2.92.